The highest BCUT2D eigenvalue weighted by atomic mass is 79.9. The SMILES string of the molecule is O=C1Cc2cc(C(Br)C3Cc4ccccc4O3)ccc2N1. The van der Waals surface area contributed by atoms with Crippen LogP contribution in [-0.2, 0) is 17.6 Å². The number of carbonyl (C=O) groups excluding carboxylic acids is 1. The number of benzene rings is 2. The zero-order chi connectivity index (χ0) is 14.4. The van der Waals surface area contributed by atoms with E-state index in [-0.39, 0.29) is 16.8 Å². The lowest BCUT2D eigenvalue weighted by Gasteiger charge is -2.18. The van der Waals surface area contributed by atoms with Gasteiger partial charge in [0.15, 0.2) is 0 Å². The van der Waals surface area contributed by atoms with E-state index in [1.54, 1.807) is 0 Å². The minimum absolute atomic E-state index is 0.0674. The molecule has 2 aliphatic rings. The van der Waals surface area contributed by atoms with Crippen molar-refractivity contribution in [2.45, 2.75) is 23.8 Å². The van der Waals surface area contributed by atoms with Crippen molar-refractivity contribution in [3.05, 3.63) is 59.2 Å². The highest BCUT2D eigenvalue weighted by Crippen LogP contribution is 2.39. The maximum Gasteiger partial charge on any atom is 0.228 e. The fraction of sp³-hybridized carbons (Fsp3) is 0.235. The molecule has 2 atom stereocenters. The second-order valence-electron chi connectivity index (χ2n) is 5.51. The van der Waals surface area contributed by atoms with Gasteiger partial charge < -0.3 is 10.1 Å². The van der Waals surface area contributed by atoms with E-state index in [0.717, 1.165) is 29.0 Å². The maximum atomic E-state index is 11.4. The van der Waals surface area contributed by atoms with Crippen LogP contribution in [0.5, 0.6) is 5.75 Å². The number of para-hydroxylation sites is 1. The third-order valence-electron chi connectivity index (χ3n) is 4.07. The molecule has 2 aliphatic heterocycles. The quantitative estimate of drug-likeness (QED) is 0.845. The summed E-state index contributed by atoms with van der Waals surface area (Å²) in [4.78, 5) is 11.6. The van der Waals surface area contributed by atoms with E-state index in [1.165, 1.54) is 5.56 Å². The van der Waals surface area contributed by atoms with E-state index < -0.39 is 0 Å². The summed E-state index contributed by atoms with van der Waals surface area (Å²) in [6.07, 6.45) is 1.46. The average molecular weight is 344 g/mol. The number of anilines is 1. The number of rotatable bonds is 2. The minimum Gasteiger partial charge on any atom is -0.488 e. The fourth-order valence-corrected chi connectivity index (χ4v) is 3.59. The number of carbonyl (C=O) groups is 1. The molecule has 0 bridgehead atoms. The van der Waals surface area contributed by atoms with Gasteiger partial charge >= 0.3 is 0 Å². The Labute approximate surface area is 131 Å². The molecule has 0 aromatic heterocycles. The van der Waals surface area contributed by atoms with Crippen LogP contribution in [0.4, 0.5) is 5.69 Å². The van der Waals surface area contributed by atoms with Gasteiger partial charge in [-0.3, -0.25) is 4.79 Å². The number of fused-ring (bicyclic) bond motifs is 2. The van der Waals surface area contributed by atoms with Crippen LogP contribution in [0.15, 0.2) is 42.5 Å². The van der Waals surface area contributed by atoms with Crippen LogP contribution in [0.25, 0.3) is 0 Å². The van der Waals surface area contributed by atoms with Gasteiger partial charge in [-0.25, -0.2) is 0 Å². The first-order valence-corrected chi connectivity index (χ1v) is 7.93. The molecule has 0 aliphatic carbocycles. The summed E-state index contributed by atoms with van der Waals surface area (Å²) in [5.41, 5.74) is 4.41. The standard InChI is InChI=1S/C17H14BrNO2/c18-17(15-8-10-3-1-2-4-14(10)21-15)11-5-6-13-12(7-11)9-16(20)19-13/h1-7,15,17H,8-9H2,(H,19,20). The van der Waals surface area contributed by atoms with Crippen LogP contribution in [0.2, 0.25) is 0 Å². The minimum atomic E-state index is 0.0674. The highest BCUT2D eigenvalue weighted by Gasteiger charge is 2.30. The smallest absolute Gasteiger partial charge is 0.228 e. The van der Waals surface area contributed by atoms with Gasteiger partial charge in [0.2, 0.25) is 5.91 Å². The van der Waals surface area contributed by atoms with Gasteiger partial charge in [0.25, 0.3) is 0 Å². The zero-order valence-corrected chi connectivity index (χ0v) is 12.9. The van der Waals surface area contributed by atoms with Crippen molar-refractivity contribution in [2.24, 2.45) is 0 Å². The first-order chi connectivity index (χ1) is 10.2. The van der Waals surface area contributed by atoms with Crippen LogP contribution in [0, 0.1) is 0 Å². The third kappa shape index (κ3) is 2.23. The Hall–Kier alpha value is -1.81. The number of alkyl halides is 1. The number of hydrogen-bond donors (Lipinski definition) is 1. The first-order valence-electron chi connectivity index (χ1n) is 7.02. The molecule has 2 heterocycles. The summed E-state index contributed by atoms with van der Waals surface area (Å²) in [7, 11) is 0. The van der Waals surface area contributed by atoms with Crippen molar-refractivity contribution in [1.82, 2.24) is 0 Å². The summed E-state index contributed by atoms with van der Waals surface area (Å²) in [6.45, 7) is 0. The van der Waals surface area contributed by atoms with Crippen LogP contribution in [0.3, 0.4) is 0 Å². The van der Waals surface area contributed by atoms with Crippen LogP contribution in [0.1, 0.15) is 21.5 Å². The fourth-order valence-electron chi connectivity index (χ4n) is 3.01. The summed E-state index contributed by atoms with van der Waals surface area (Å²) < 4.78 is 6.03. The average Bonchev–Trinajstić information content (AvgIpc) is 3.07. The Kier molecular flexibility index (Phi) is 3.00. The first kappa shape index (κ1) is 12.9. The Balaban J connectivity index is 1.58. The number of halogens is 1. The van der Waals surface area contributed by atoms with Crippen molar-refractivity contribution >= 4 is 27.5 Å². The molecule has 4 heteroatoms. The molecule has 4 rings (SSSR count). The molecular weight excluding hydrogens is 330 g/mol. The normalized spacial score (nSPS) is 20.4. The lowest BCUT2D eigenvalue weighted by Crippen LogP contribution is -2.19. The summed E-state index contributed by atoms with van der Waals surface area (Å²) in [6, 6.07) is 14.3. The van der Waals surface area contributed by atoms with Gasteiger partial charge in [-0.2, -0.15) is 0 Å². The molecule has 0 fully saturated rings. The van der Waals surface area contributed by atoms with Gasteiger partial charge in [-0.1, -0.05) is 46.3 Å². The molecule has 0 spiro atoms. The van der Waals surface area contributed by atoms with Crippen molar-refractivity contribution < 1.29 is 9.53 Å². The van der Waals surface area contributed by atoms with Crippen LogP contribution < -0.4 is 10.1 Å². The molecule has 2 unspecified atom stereocenters. The lowest BCUT2D eigenvalue weighted by atomic mass is 10.0. The molecule has 2 aromatic carbocycles. The molecule has 1 N–H and O–H groups in total. The lowest BCUT2D eigenvalue weighted by molar-refractivity contribution is -0.115. The van der Waals surface area contributed by atoms with Crippen LogP contribution >= 0.6 is 15.9 Å². The zero-order valence-electron chi connectivity index (χ0n) is 11.3. The highest BCUT2D eigenvalue weighted by molar-refractivity contribution is 9.09. The van der Waals surface area contributed by atoms with Crippen molar-refractivity contribution in [1.29, 1.82) is 0 Å². The molecule has 0 saturated carbocycles. The summed E-state index contributed by atoms with van der Waals surface area (Å²) in [5, 5.41) is 2.86. The van der Waals surface area contributed by atoms with Crippen molar-refractivity contribution in [2.75, 3.05) is 5.32 Å². The number of amides is 1. The van der Waals surface area contributed by atoms with Crippen molar-refractivity contribution in [3.63, 3.8) is 0 Å². The molecule has 2 aromatic rings. The Morgan fingerprint density at radius 1 is 1.19 bits per heavy atom. The number of hydrogen-bond acceptors (Lipinski definition) is 2. The van der Waals surface area contributed by atoms with Gasteiger partial charge in [0.1, 0.15) is 11.9 Å². The molecule has 1 amide bonds. The van der Waals surface area contributed by atoms with E-state index in [1.807, 2.05) is 24.3 Å². The summed E-state index contributed by atoms with van der Waals surface area (Å²) >= 11 is 3.76. The van der Waals surface area contributed by atoms with Gasteiger partial charge in [0.05, 0.1) is 11.2 Å². The molecule has 106 valence electrons. The maximum absolute atomic E-state index is 11.4. The molecular formula is C17H14BrNO2. The Morgan fingerprint density at radius 3 is 2.90 bits per heavy atom. The Bertz CT molecular complexity index is 703. The van der Waals surface area contributed by atoms with Gasteiger partial charge in [0, 0.05) is 12.1 Å². The monoisotopic (exact) mass is 343 g/mol. The topological polar surface area (TPSA) is 38.3 Å². The van der Waals surface area contributed by atoms with E-state index in [9.17, 15) is 4.79 Å². The second-order valence-corrected chi connectivity index (χ2v) is 6.50. The number of ether oxygens (including phenoxy) is 1. The van der Waals surface area contributed by atoms with E-state index >= 15 is 0 Å². The van der Waals surface area contributed by atoms with Crippen LogP contribution in [-0.4, -0.2) is 12.0 Å². The van der Waals surface area contributed by atoms with Gasteiger partial charge in [-0.15, -0.1) is 0 Å². The Morgan fingerprint density at radius 2 is 2.05 bits per heavy atom. The van der Waals surface area contributed by atoms with E-state index in [2.05, 4.69) is 39.4 Å². The predicted molar refractivity (Wildman–Crippen MR) is 85.0 cm³/mol. The van der Waals surface area contributed by atoms with Crippen molar-refractivity contribution in [3.8, 4) is 5.75 Å². The van der Waals surface area contributed by atoms with E-state index in [4.69, 9.17) is 4.74 Å². The predicted octanol–water partition coefficient (Wildman–Crippen LogP) is 3.62. The third-order valence-corrected chi connectivity index (χ3v) is 5.19. The second kappa shape index (κ2) is 4.88. The molecule has 0 radical (unpaired) electrons. The molecule has 0 saturated heterocycles. The summed E-state index contributed by atoms with van der Waals surface area (Å²) in [5.74, 6) is 1.04. The number of nitrogens with one attached hydrogen (secondary N) is 1. The molecule has 21 heavy (non-hydrogen) atoms. The van der Waals surface area contributed by atoms with E-state index in [0.29, 0.717) is 6.42 Å². The molecule has 3 nitrogen and oxygen atoms in total. The largest absolute Gasteiger partial charge is 0.488 e. The van der Waals surface area contributed by atoms with Gasteiger partial charge in [-0.05, 0) is 28.8 Å².